The zero-order valence-corrected chi connectivity index (χ0v) is 15.8. The maximum Gasteiger partial charge on any atom is 0.213 e. The summed E-state index contributed by atoms with van der Waals surface area (Å²) in [4.78, 5) is 21.0. The second-order valence-electron chi connectivity index (χ2n) is 7.07. The van der Waals surface area contributed by atoms with Crippen LogP contribution in [0, 0.1) is 10.1 Å². The first-order valence-corrected chi connectivity index (χ1v) is 10.3. The topological polar surface area (TPSA) is 60.2 Å². The van der Waals surface area contributed by atoms with Crippen LogP contribution in [0.5, 0.6) is 0 Å². The quantitative estimate of drug-likeness (QED) is 0.117. The summed E-state index contributed by atoms with van der Waals surface area (Å²) in [6, 6.07) is -0.521. The van der Waals surface area contributed by atoms with Gasteiger partial charge in [-0.05, 0) is 6.42 Å². The van der Waals surface area contributed by atoms with Crippen molar-refractivity contribution in [1.82, 2.24) is 0 Å². The minimum atomic E-state index is -0.521. The Balaban J connectivity index is 3.27. The van der Waals surface area contributed by atoms with Gasteiger partial charge in [0.1, 0.15) is 6.29 Å². The van der Waals surface area contributed by atoms with Crippen LogP contribution < -0.4 is 0 Å². The number of rotatable bonds is 19. The van der Waals surface area contributed by atoms with Gasteiger partial charge in [0.2, 0.25) is 6.04 Å². The smallest absolute Gasteiger partial charge is 0.213 e. The molecule has 0 amide bonds. The fourth-order valence-electron chi connectivity index (χ4n) is 3.19. The summed E-state index contributed by atoms with van der Waals surface area (Å²) in [7, 11) is 0. The fraction of sp³-hybridized carbons (Fsp3) is 0.950. The highest BCUT2D eigenvalue weighted by molar-refractivity contribution is 5.49. The van der Waals surface area contributed by atoms with E-state index < -0.39 is 6.04 Å². The summed E-state index contributed by atoms with van der Waals surface area (Å²) in [5.74, 6) is 0. The second kappa shape index (κ2) is 18.4. The molecule has 0 heterocycles. The Morgan fingerprint density at radius 2 is 1.17 bits per heavy atom. The van der Waals surface area contributed by atoms with E-state index in [4.69, 9.17) is 0 Å². The molecule has 4 heteroatoms. The third-order valence-electron chi connectivity index (χ3n) is 4.81. The molecule has 0 aromatic carbocycles. The number of hydrogen-bond acceptors (Lipinski definition) is 3. The molecule has 1 unspecified atom stereocenters. The van der Waals surface area contributed by atoms with Crippen LogP contribution in [0.25, 0.3) is 0 Å². The molecule has 4 nitrogen and oxygen atoms in total. The molecular weight excluding hydrogens is 302 g/mol. The largest absolute Gasteiger partial charge is 0.303 e. The molecule has 1 atom stereocenters. The van der Waals surface area contributed by atoms with Crippen molar-refractivity contribution in [2.75, 3.05) is 0 Å². The van der Waals surface area contributed by atoms with Gasteiger partial charge in [-0.15, -0.1) is 0 Å². The Morgan fingerprint density at radius 3 is 1.54 bits per heavy atom. The van der Waals surface area contributed by atoms with Crippen LogP contribution in [0.3, 0.4) is 0 Å². The summed E-state index contributed by atoms with van der Waals surface area (Å²) in [6.45, 7) is 2.26. The van der Waals surface area contributed by atoms with Gasteiger partial charge in [0.15, 0.2) is 0 Å². The number of nitrogens with zero attached hydrogens (tertiary/aromatic N) is 1. The molecule has 0 aliphatic carbocycles. The third kappa shape index (κ3) is 15.9. The van der Waals surface area contributed by atoms with E-state index in [-0.39, 0.29) is 4.92 Å². The lowest BCUT2D eigenvalue weighted by Gasteiger charge is -2.07. The van der Waals surface area contributed by atoms with E-state index in [1.165, 1.54) is 77.0 Å². The number of nitro groups is 1. The Labute approximate surface area is 148 Å². The summed E-state index contributed by atoms with van der Waals surface area (Å²) in [5.41, 5.74) is 0. The number of unbranched alkanes of at least 4 members (excludes halogenated alkanes) is 13. The van der Waals surface area contributed by atoms with Crippen LogP contribution in [-0.2, 0) is 4.79 Å². The van der Waals surface area contributed by atoms with Crippen LogP contribution in [0.15, 0.2) is 0 Å². The van der Waals surface area contributed by atoms with Crippen LogP contribution in [0.4, 0.5) is 0 Å². The highest BCUT2D eigenvalue weighted by Gasteiger charge is 2.18. The van der Waals surface area contributed by atoms with Crippen LogP contribution in [0.2, 0.25) is 0 Å². The Hall–Kier alpha value is -0.930. The van der Waals surface area contributed by atoms with E-state index >= 15 is 0 Å². The second-order valence-corrected chi connectivity index (χ2v) is 7.07. The lowest BCUT2D eigenvalue weighted by Crippen LogP contribution is -2.19. The molecule has 24 heavy (non-hydrogen) atoms. The summed E-state index contributed by atoms with van der Waals surface area (Å²) in [6.07, 6.45) is 20.3. The first-order valence-electron chi connectivity index (χ1n) is 10.3. The fourth-order valence-corrected chi connectivity index (χ4v) is 3.19. The van der Waals surface area contributed by atoms with Crippen molar-refractivity contribution in [1.29, 1.82) is 0 Å². The number of aldehydes is 1. The Bertz CT molecular complexity index is 295. The SMILES string of the molecule is CCCCCCCCCCCCCCCCC(CCC=O)[N+](=O)[O-]. The molecule has 0 saturated carbocycles. The van der Waals surface area contributed by atoms with Gasteiger partial charge in [-0.1, -0.05) is 90.4 Å². The molecule has 0 radical (unpaired) electrons. The van der Waals surface area contributed by atoms with Gasteiger partial charge in [0, 0.05) is 24.2 Å². The molecule has 0 spiro atoms. The lowest BCUT2D eigenvalue weighted by atomic mass is 10.0. The standard InChI is InChI=1S/C20H39NO3/c1-2-3-4-5-6-7-8-9-10-11-12-13-14-15-17-20(21(23)24)18-16-19-22/h19-20H,2-18H2,1H3. The molecule has 0 aromatic heterocycles. The molecule has 0 fully saturated rings. The van der Waals surface area contributed by atoms with Gasteiger partial charge >= 0.3 is 0 Å². The average Bonchev–Trinajstić information content (AvgIpc) is 2.57. The van der Waals surface area contributed by atoms with Crippen molar-refractivity contribution >= 4 is 6.29 Å². The van der Waals surface area contributed by atoms with Gasteiger partial charge in [-0.25, -0.2) is 0 Å². The molecular formula is C20H39NO3. The minimum absolute atomic E-state index is 0.217. The maximum atomic E-state index is 10.9. The van der Waals surface area contributed by atoms with Gasteiger partial charge < -0.3 is 4.79 Å². The highest BCUT2D eigenvalue weighted by Crippen LogP contribution is 2.15. The first-order chi connectivity index (χ1) is 11.7. The monoisotopic (exact) mass is 341 g/mol. The van der Waals surface area contributed by atoms with Crippen molar-refractivity contribution in [3.8, 4) is 0 Å². The zero-order valence-electron chi connectivity index (χ0n) is 15.8. The van der Waals surface area contributed by atoms with Crippen LogP contribution in [-0.4, -0.2) is 17.3 Å². The molecule has 0 saturated heterocycles. The number of hydrogen-bond donors (Lipinski definition) is 0. The van der Waals surface area contributed by atoms with Gasteiger partial charge in [0.05, 0.1) is 0 Å². The zero-order chi connectivity index (χ0) is 17.9. The Morgan fingerprint density at radius 1 is 0.750 bits per heavy atom. The normalized spacial score (nSPS) is 12.2. The van der Waals surface area contributed by atoms with Gasteiger partial charge in [-0.3, -0.25) is 10.1 Å². The summed E-state index contributed by atoms with van der Waals surface area (Å²) < 4.78 is 0. The number of carbonyl (C=O) groups excluding carboxylic acids is 1. The van der Waals surface area contributed by atoms with Gasteiger partial charge in [-0.2, -0.15) is 0 Å². The maximum absolute atomic E-state index is 10.9. The Kier molecular flexibility index (Phi) is 17.7. The van der Waals surface area contributed by atoms with Crippen LogP contribution in [0.1, 0.15) is 116 Å². The minimum Gasteiger partial charge on any atom is -0.303 e. The van der Waals surface area contributed by atoms with E-state index in [9.17, 15) is 14.9 Å². The van der Waals surface area contributed by atoms with Gasteiger partial charge in [0.25, 0.3) is 0 Å². The van der Waals surface area contributed by atoms with E-state index in [0.29, 0.717) is 19.3 Å². The van der Waals surface area contributed by atoms with E-state index in [1.54, 1.807) is 0 Å². The predicted octanol–water partition coefficient (Wildman–Crippen LogP) is 6.48. The summed E-state index contributed by atoms with van der Waals surface area (Å²) >= 11 is 0. The van der Waals surface area contributed by atoms with Crippen LogP contribution >= 0.6 is 0 Å². The van der Waals surface area contributed by atoms with E-state index in [1.807, 2.05) is 0 Å². The molecule has 0 aliphatic heterocycles. The number of carbonyl (C=O) groups is 1. The lowest BCUT2D eigenvalue weighted by molar-refractivity contribution is -0.524. The molecule has 0 rings (SSSR count). The average molecular weight is 342 g/mol. The van der Waals surface area contributed by atoms with Crippen molar-refractivity contribution in [3.05, 3.63) is 10.1 Å². The molecule has 0 bridgehead atoms. The first kappa shape index (κ1) is 23.1. The van der Waals surface area contributed by atoms with E-state index in [2.05, 4.69) is 6.92 Å². The molecule has 0 aliphatic rings. The van der Waals surface area contributed by atoms with Crippen molar-refractivity contribution in [2.24, 2.45) is 0 Å². The van der Waals surface area contributed by atoms with E-state index in [0.717, 1.165) is 19.1 Å². The third-order valence-corrected chi connectivity index (χ3v) is 4.81. The van der Waals surface area contributed by atoms with Crippen molar-refractivity contribution in [3.63, 3.8) is 0 Å². The van der Waals surface area contributed by atoms with Crippen molar-refractivity contribution in [2.45, 2.75) is 122 Å². The molecule has 142 valence electrons. The highest BCUT2D eigenvalue weighted by atomic mass is 16.6. The molecule has 0 aromatic rings. The summed E-state index contributed by atoms with van der Waals surface area (Å²) in [5, 5.41) is 10.9. The molecule has 0 N–H and O–H groups in total. The van der Waals surface area contributed by atoms with Crippen molar-refractivity contribution < 1.29 is 9.72 Å². The predicted molar refractivity (Wildman–Crippen MR) is 101 cm³/mol.